The maximum absolute atomic E-state index is 12.8. The van der Waals surface area contributed by atoms with Crippen LogP contribution in [0, 0.1) is 11.8 Å². The molecule has 3 heterocycles. The number of amides is 1. The fraction of sp³-hybridized carbons (Fsp3) is 0.632. The SMILES string of the molecule is C[C@@H]1CN(Cc2cccc3c2OCCO3)C[C@H]1C(=O)N1CCOCC1. The molecule has 1 aromatic carbocycles. The third-order valence-electron chi connectivity index (χ3n) is 5.37. The van der Waals surface area contributed by atoms with E-state index in [1.54, 1.807) is 0 Å². The molecule has 3 aliphatic heterocycles. The zero-order valence-electron chi connectivity index (χ0n) is 14.8. The summed E-state index contributed by atoms with van der Waals surface area (Å²) in [6.07, 6.45) is 0. The molecular weight excluding hydrogens is 320 g/mol. The first-order valence-corrected chi connectivity index (χ1v) is 9.19. The Kier molecular flexibility index (Phi) is 4.81. The van der Waals surface area contributed by atoms with Crippen molar-refractivity contribution in [2.45, 2.75) is 13.5 Å². The van der Waals surface area contributed by atoms with Gasteiger partial charge in [0.2, 0.25) is 5.91 Å². The zero-order chi connectivity index (χ0) is 17.2. The van der Waals surface area contributed by atoms with Crippen LogP contribution >= 0.6 is 0 Å². The van der Waals surface area contributed by atoms with Crippen molar-refractivity contribution in [3.63, 3.8) is 0 Å². The fourth-order valence-corrected chi connectivity index (χ4v) is 4.04. The van der Waals surface area contributed by atoms with Crippen molar-refractivity contribution in [2.75, 3.05) is 52.6 Å². The van der Waals surface area contributed by atoms with E-state index in [2.05, 4.69) is 17.9 Å². The van der Waals surface area contributed by atoms with Crippen LogP contribution in [0.1, 0.15) is 12.5 Å². The standard InChI is InChI=1S/C19H26N2O4/c1-14-11-20(13-16(14)19(22)21-5-7-23-8-6-21)12-15-3-2-4-17-18(15)25-10-9-24-17/h2-4,14,16H,5-13H2,1H3/t14-,16-/m1/s1. The first kappa shape index (κ1) is 16.7. The Morgan fingerprint density at radius 3 is 2.76 bits per heavy atom. The van der Waals surface area contributed by atoms with Crippen LogP contribution in [0.25, 0.3) is 0 Å². The van der Waals surface area contributed by atoms with E-state index < -0.39 is 0 Å². The maximum atomic E-state index is 12.8. The van der Waals surface area contributed by atoms with Crippen LogP contribution in [0.3, 0.4) is 0 Å². The number of carbonyl (C=O) groups excluding carboxylic acids is 1. The first-order valence-electron chi connectivity index (χ1n) is 9.19. The number of morpholine rings is 1. The van der Waals surface area contributed by atoms with Gasteiger partial charge in [0, 0.05) is 38.3 Å². The van der Waals surface area contributed by atoms with E-state index in [-0.39, 0.29) is 11.8 Å². The van der Waals surface area contributed by atoms with Gasteiger partial charge in [0.15, 0.2) is 11.5 Å². The Morgan fingerprint density at radius 1 is 1.12 bits per heavy atom. The minimum atomic E-state index is 0.0785. The normalized spacial score (nSPS) is 26.7. The van der Waals surface area contributed by atoms with Crippen LogP contribution < -0.4 is 9.47 Å². The lowest BCUT2D eigenvalue weighted by Gasteiger charge is -2.30. The summed E-state index contributed by atoms with van der Waals surface area (Å²) in [5, 5.41) is 0. The summed E-state index contributed by atoms with van der Waals surface area (Å²) in [6, 6.07) is 6.06. The van der Waals surface area contributed by atoms with E-state index in [4.69, 9.17) is 14.2 Å². The van der Waals surface area contributed by atoms with Crippen LogP contribution in [0.15, 0.2) is 18.2 Å². The lowest BCUT2D eigenvalue weighted by atomic mass is 9.96. The van der Waals surface area contributed by atoms with Crippen molar-refractivity contribution in [1.82, 2.24) is 9.80 Å². The zero-order valence-corrected chi connectivity index (χ0v) is 14.8. The Labute approximate surface area is 148 Å². The molecule has 0 spiro atoms. The highest BCUT2D eigenvalue weighted by atomic mass is 16.6. The molecule has 6 heteroatoms. The second-order valence-corrected chi connectivity index (χ2v) is 7.16. The van der Waals surface area contributed by atoms with Gasteiger partial charge in [-0.1, -0.05) is 19.1 Å². The molecule has 0 aromatic heterocycles. The van der Waals surface area contributed by atoms with Gasteiger partial charge in [0.25, 0.3) is 0 Å². The number of ether oxygens (including phenoxy) is 3. The van der Waals surface area contributed by atoms with Gasteiger partial charge in [-0.3, -0.25) is 9.69 Å². The summed E-state index contributed by atoms with van der Waals surface area (Å²) in [6.45, 7) is 8.68. The van der Waals surface area contributed by atoms with E-state index in [0.29, 0.717) is 32.3 Å². The minimum absolute atomic E-state index is 0.0785. The van der Waals surface area contributed by atoms with Gasteiger partial charge in [0.1, 0.15) is 13.2 Å². The quantitative estimate of drug-likeness (QED) is 0.828. The average molecular weight is 346 g/mol. The Balaban J connectivity index is 1.42. The number of carbonyl (C=O) groups is 1. The van der Waals surface area contributed by atoms with Gasteiger partial charge in [-0.05, 0) is 12.0 Å². The molecule has 2 atom stereocenters. The Morgan fingerprint density at radius 2 is 1.92 bits per heavy atom. The summed E-state index contributed by atoms with van der Waals surface area (Å²) < 4.78 is 16.9. The molecule has 0 radical (unpaired) electrons. The molecule has 0 saturated carbocycles. The highest BCUT2D eigenvalue weighted by molar-refractivity contribution is 5.79. The average Bonchev–Trinajstić information content (AvgIpc) is 3.02. The van der Waals surface area contributed by atoms with Crippen LogP contribution in [0.2, 0.25) is 0 Å². The fourth-order valence-electron chi connectivity index (χ4n) is 4.04. The second-order valence-electron chi connectivity index (χ2n) is 7.16. The molecule has 0 N–H and O–H groups in total. The molecule has 0 aliphatic carbocycles. The summed E-state index contributed by atoms with van der Waals surface area (Å²) in [4.78, 5) is 17.2. The van der Waals surface area contributed by atoms with Gasteiger partial charge in [-0.15, -0.1) is 0 Å². The second kappa shape index (κ2) is 7.22. The van der Waals surface area contributed by atoms with Gasteiger partial charge in [-0.25, -0.2) is 0 Å². The molecule has 6 nitrogen and oxygen atoms in total. The predicted octanol–water partition coefficient (Wildman–Crippen LogP) is 1.38. The van der Waals surface area contributed by atoms with Gasteiger partial charge in [-0.2, -0.15) is 0 Å². The molecule has 3 aliphatic rings. The minimum Gasteiger partial charge on any atom is -0.486 e. The van der Waals surface area contributed by atoms with E-state index in [1.165, 1.54) is 0 Å². The lowest BCUT2D eigenvalue weighted by molar-refractivity contribution is -0.140. The largest absolute Gasteiger partial charge is 0.486 e. The van der Waals surface area contributed by atoms with Gasteiger partial charge in [0.05, 0.1) is 19.1 Å². The summed E-state index contributed by atoms with van der Waals surface area (Å²) in [7, 11) is 0. The molecule has 4 rings (SSSR count). The lowest BCUT2D eigenvalue weighted by Crippen LogP contribution is -2.45. The molecule has 0 bridgehead atoms. The molecular formula is C19H26N2O4. The highest BCUT2D eigenvalue weighted by Crippen LogP contribution is 2.35. The van der Waals surface area contributed by atoms with Gasteiger partial charge < -0.3 is 19.1 Å². The number of likely N-dealkylation sites (tertiary alicyclic amines) is 1. The summed E-state index contributed by atoms with van der Waals surface area (Å²) >= 11 is 0. The number of benzene rings is 1. The third-order valence-corrected chi connectivity index (χ3v) is 5.37. The number of nitrogens with zero attached hydrogens (tertiary/aromatic N) is 2. The van der Waals surface area contributed by atoms with E-state index in [0.717, 1.165) is 49.8 Å². The molecule has 1 aromatic rings. The maximum Gasteiger partial charge on any atom is 0.227 e. The molecule has 136 valence electrons. The highest BCUT2D eigenvalue weighted by Gasteiger charge is 2.37. The first-order chi connectivity index (χ1) is 12.2. The predicted molar refractivity (Wildman–Crippen MR) is 92.8 cm³/mol. The van der Waals surface area contributed by atoms with Crippen LogP contribution in [0.4, 0.5) is 0 Å². The molecule has 2 fully saturated rings. The molecule has 2 saturated heterocycles. The van der Waals surface area contributed by atoms with Crippen molar-refractivity contribution in [3.05, 3.63) is 23.8 Å². The van der Waals surface area contributed by atoms with Crippen molar-refractivity contribution in [2.24, 2.45) is 11.8 Å². The molecule has 1 amide bonds. The summed E-state index contributed by atoms with van der Waals surface area (Å²) in [5.74, 6) is 2.43. The van der Waals surface area contributed by atoms with Crippen LogP contribution in [-0.2, 0) is 16.1 Å². The van der Waals surface area contributed by atoms with Crippen molar-refractivity contribution in [3.8, 4) is 11.5 Å². The Hall–Kier alpha value is -1.79. The molecule has 0 unspecified atom stereocenters. The topological polar surface area (TPSA) is 51.2 Å². The Bertz CT molecular complexity index is 630. The van der Waals surface area contributed by atoms with Gasteiger partial charge >= 0.3 is 0 Å². The number of para-hydroxylation sites is 1. The van der Waals surface area contributed by atoms with Crippen LogP contribution in [-0.4, -0.2) is 68.3 Å². The van der Waals surface area contributed by atoms with Crippen LogP contribution in [0.5, 0.6) is 11.5 Å². The number of rotatable bonds is 3. The van der Waals surface area contributed by atoms with E-state index in [1.807, 2.05) is 17.0 Å². The number of hydrogen-bond donors (Lipinski definition) is 0. The summed E-state index contributed by atoms with van der Waals surface area (Å²) in [5.41, 5.74) is 1.14. The van der Waals surface area contributed by atoms with Crippen molar-refractivity contribution in [1.29, 1.82) is 0 Å². The van der Waals surface area contributed by atoms with E-state index in [9.17, 15) is 4.79 Å². The number of fused-ring (bicyclic) bond motifs is 1. The molecule has 25 heavy (non-hydrogen) atoms. The monoisotopic (exact) mass is 346 g/mol. The smallest absolute Gasteiger partial charge is 0.227 e. The third kappa shape index (κ3) is 3.46. The van der Waals surface area contributed by atoms with Crippen molar-refractivity contribution < 1.29 is 19.0 Å². The van der Waals surface area contributed by atoms with Crippen molar-refractivity contribution >= 4 is 5.91 Å². The van der Waals surface area contributed by atoms with E-state index >= 15 is 0 Å². The number of hydrogen-bond acceptors (Lipinski definition) is 5.